The van der Waals surface area contributed by atoms with E-state index < -0.39 is 10.0 Å². The number of aromatic nitrogens is 1. The minimum atomic E-state index is -3.54. The summed E-state index contributed by atoms with van der Waals surface area (Å²) in [5.41, 5.74) is 0. The van der Waals surface area contributed by atoms with Crippen molar-refractivity contribution in [3.63, 3.8) is 0 Å². The third-order valence-electron chi connectivity index (χ3n) is 3.40. The lowest BCUT2D eigenvalue weighted by molar-refractivity contribution is 0.412. The first-order valence-corrected chi connectivity index (χ1v) is 8.81. The summed E-state index contributed by atoms with van der Waals surface area (Å²) in [6.45, 7) is 2.60. The van der Waals surface area contributed by atoms with Crippen molar-refractivity contribution >= 4 is 27.4 Å². The van der Waals surface area contributed by atoms with Gasteiger partial charge in [-0.3, -0.25) is 0 Å². The Morgan fingerprint density at radius 2 is 2.05 bits per heavy atom. The fourth-order valence-corrected chi connectivity index (χ4v) is 3.95. The second kappa shape index (κ2) is 6.74. The van der Waals surface area contributed by atoms with Gasteiger partial charge in [0, 0.05) is 18.8 Å². The Balaban J connectivity index is 2.14. The maximum atomic E-state index is 12.3. The van der Waals surface area contributed by atoms with Crippen molar-refractivity contribution in [2.45, 2.75) is 50.0 Å². The molecule has 7 heteroatoms. The molecule has 1 saturated carbocycles. The Morgan fingerprint density at radius 1 is 1.35 bits per heavy atom. The molecule has 1 aliphatic rings. The van der Waals surface area contributed by atoms with Crippen LogP contribution < -0.4 is 10.0 Å². The average molecular weight is 318 g/mol. The summed E-state index contributed by atoms with van der Waals surface area (Å²) in [6.07, 6.45) is 6.47. The Bertz CT molecular complexity index is 557. The van der Waals surface area contributed by atoms with Gasteiger partial charge in [0.25, 0.3) is 0 Å². The summed E-state index contributed by atoms with van der Waals surface area (Å²) in [5.74, 6) is 0.505. The standard InChI is InChI=1S/C13H20ClN3O2S/c1-2-15-13-12(14)8-11(9-16-13)20(18,19)17-10-6-4-3-5-7-10/h8-10,17H,2-7H2,1H3,(H,15,16). The van der Waals surface area contributed by atoms with Gasteiger partial charge in [-0.15, -0.1) is 0 Å². The molecule has 5 nitrogen and oxygen atoms in total. The summed E-state index contributed by atoms with van der Waals surface area (Å²) in [6, 6.07) is 1.47. The molecule has 0 saturated heterocycles. The molecule has 1 aliphatic carbocycles. The highest BCUT2D eigenvalue weighted by Crippen LogP contribution is 2.24. The van der Waals surface area contributed by atoms with E-state index in [1.807, 2.05) is 6.92 Å². The topological polar surface area (TPSA) is 71.1 Å². The Kier molecular flexibility index (Phi) is 5.23. The van der Waals surface area contributed by atoms with E-state index in [0.717, 1.165) is 25.7 Å². The van der Waals surface area contributed by atoms with Crippen LogP contribution in [0.15, 0.2) is 17.2 Å². The van der Waals surface area contributed by atoms with Crippen LogP contribution in [0.1, 0.15) is 39.0 Å². The highest BCUT2D eigenvalue weighted by atomic mass is 35.5. The van der Waals surface area contributed by atoms with E-state index in [4.69, 9.17) is 11.6 Å². The highest BCUT2D eigenvalue weighted by molar-refractivity contribution is 7.89. The van der Waals surface area contributed by atoms with Crippen LogP contribution in [0.3, 0.4) is 0 Å². The van der Waals surface area contributed by atoms with Crippen molar-refractivity contribution in [1.29, 1.82) is 0 Å². The molecule has 1 fully saturated rings. The fourth-order valence-electron chi connectivity index (χ4n) is 2.37. The van der Waals surface area contributed by atoms with Crippen molar-refractivity contribution in [1.82, 2.24) is 9.71 Å². The summed E-state index contributed by atoms with van der Waals surface area (Å²) in [7, 11) is -3.54. The lowest BCUT2D eigenvalue weighted by atomic mass is 9.96. The van der Waals surface area contributed by atoms with E-state index in [2.05, 4.69) is 15.0 Å². The SMILES string of the molecule is CCNc1ncc(S(=O)(=O)NC2CCCCC2)cc1Cl. The third-order valence-corrected chi connectivity index (χ3v) is 5.17. The largest absolute Gasteiger partial charge is 0.369 e. The summed E-state index contributed by atoms with van der Waals surface area (Å²) in [4.78, 5) is 4.19. The first-order chi connectivity index (χ1) is 9.53. The van der Waals surface area contributed by atoms with Gasteiger partial charge in [-0.25, -0.2) is 18.1 Å². The second-order valence-electron chi connectivity index (χ2n) is 4.99. The predicted molar refractivity (Wildman–Crippen MR) is 80.6 cm³/mol. The van der Waals surface area contributed by atoms with Crippen LogP contribution in [0, 0.1) is 0 Å². The molecule has 0 radical (unpaired) electrons. The zero-order valence-corrected chi connectivity index (χ0v) is 13.1. The van der Waals surface area contributed by atoms with E-state index in [1.165, 1.54) is 18.7 Å². The molecule has 0 aromatic carbocycles. The molecule has 0 atom stereocenters. The molecule has 1 aromatic heterocycles. The number of hydrogen-bond donors (Lipinski definition) is 2. The second-order valence-corrected chi connectivity index (χ2v) is 7.11. The van der Waals surface area contributed by atoms with Crippen LogP contribution in [0.2, 0.25) is 5.02 Å². The zero-order chi connectivity index (χ0) is 14.6. The van der Waals surface area contributed by atoms with Crippen molar-refractivity contribution in [2.24, 2.45) is 0 Å². The van der Waals surface area contributed by atoms with Crippen LogP contribution in [0.25, 0.3) is 0 Å². The summed E-state index contributed by atoms with van der Waals surface area (Å²) >= 11 is 6.04. The van der Waals surface area contributed by atoms with E-state index >= 15 is 0 Å². The van der Waals surface area contributed by atoms with Crippen LogP contribution >= 0.6 is 11.6 Å². The number of anilines is 1. The van der Waals surface area contributed by atoms with Crippen LogP contribution in [-0.2, 0) is 10.0 Å². The molecule has 0 aliphatic heterocycles. The highest BCUT2D eigenvalue weighted by Gasteiger charge is 2.22. The van der Waals surface area contributed by atoms with Crippen molar-refractivity contribution < 1.29 is 8.42 Å². The number of pyridine rings is 1. The minimum Gasteiger partial charge on any atom is -0.369 e. The smallest absolute Gasteiger partial charge is 0.242 e. The number of rotatable bonds is 5. The molecule has 0 amide bonds. The first-order valence-electron chi connectivity index (χ1n) is 6.94. The molecule has 0 unspecified atom stereocenters. The first kappa shape index (κ1) is 15.5. The number of nitrogens with zero attached hydrogens (tertiary/aromatic N) is 1. The van der Waals surface area contributed by atoms with Gasteiger partial charge in [0.1, 0.15) is 10.7 Å². The third kappa shape index (κ3) is 3.84. The minimum absolute atomic E-state index is 0.0287. The van der Waals surface area contributed by atoms with Gasteiger partial charge >= 0.3 is 0 Å². The fraction of sp³-hybridized carbons (Fsp3) is 0.615. The molecule has 0 bridgehead atoms. The lowest BCUT2D eigenvalue weighted by Crippen LogP contribution is -2.36. The van der Waals surface area contributed by atoms with E-state index in [9.17, 15) is 8.42 Å². The molecule has 112 valence electrons. The Morgan fingerprint density at radius 3 is 2.65 bits per heavy atom. The molecule has 0 spiro atoms. The maximum Gasteiger partial charge on any atom is 0.242 e. The van der Waals surface area contributed by atoms with E-state index in [0.29, 0.717) is 17.4 Å². The van der Waals surface area contributed by atoms with Gasteiger partial charge in [0.15, 0.2) is 0 Å². The van der Waals surface area contributed by atoms with Crippen LogP contribution in [-0.4, -0.2) is 26.0 Å². The van der Waals surface area contributed by atoms with Gasteiger partial charge in [0.2, 0.25) is 10.0 Å². The zero-order valence-electron chi connectivity index (χ0n) is 11.5. The monoisotopic (exact) mass is 317 g/mol. The van der Waals surface area contributed by atoms with E-state index in [-0.39, 0.29) is 10.9 Å². The molecule has 1 aromatic rings. The Labute approximate surface area is 125 Å². The quantitative estimate of drug-likeness (QED) is 0.876. The molecule has 20 heavy (non-hydrogen) atoms. The van der Waals surface area contributed by atoms with Gasteiger partial charge in [-0.1, -0.05) is 30.9 Å². The van der Waals surface area contributed by atoms with Gasteiger partial charge in [-0.2, -0.15) is 0 Å². The molecule has 1 heterocycles. The lowest BCUT2D eigenvalue weighted by Gasteiger charge is -2.22. The van der Waals surface area contributed by atoms with Gasteiger partial charge < -0.3 is 5.32 Å². The number of halogens is 1. The van der Waals surface area contributed by atoms with Gasteiger partial charge in [0.05, 0.1) is 5.02 Å². The van der Waals surface area contributed by atoms with Crippen LogP contribution in [0.4, 0.5) is 5.82 Å². The number of nitrogens with one attached hydrogen (secondary N) is 2. The maximum absolute atomic E-state index is 12.3. The Hall–Kier alpha value is -0.850. The number of sulfonamides is 1. The average Bonchev–Trinajstić information content (AvgIpc) is 2.42. The van der Waals surface area contributed by atoms with Crippen molar-refractivity contribution in [3.8, 4) is 0 Å². The molecule has 2 N–H and O–H groups in total. The van der Waals surface area contributed by atoms with Crippen molar-refractivity contribution in [2.75, 3.05) is 11.9 Å². The molecule has 2 rings (SSSR count). The summed E-state index contributed by atoms with van der Waals surface area (Å²) in [5, 5.41) is 3.30. The van der Waals surface area contributed by atoms with Gasteiger partial charge in [-0.05, 0) is 25.8 Å². The molecular formula is C13H20ClN3O2S. The normalized spacial score (nSPS) is 17.1. The van der Waals surface area contributed by atoms with Crippen molar-refractivity contribution in [3.05, 3.63) is 17.3 Å². The molecular weight excluding hydrogens is 298 g/mol. The van der Waals surface area contributed by atoms with Crippen LogP contribution in [0.5, 0.6) is 0 Å². The number of hydrogen-bond acceptors (Lipinski definition) is 4. The van der Waals surface area contributed by atoms with E-state index in [1.54, 1.807) is 0 Å². The predicted octanol–water partition coefficient (Wildman–Crippen LogP) is 2.78. The summed E-state index contributed by atoms with van der Waals surface area (Å²) < 4.78 is 27.3.